The quantitative estimate of drug-likeness (QED) is 0.526. The first-order chi connectivity index (χ1) is 7.45. The Balaban J connectivity index is 3.89. The van der Waals surface area contributed by atoms with Crippen LogP contribution < -0.4 is 10.7 Å². The summed E-state index contributed by atoms with van der Waals surface area (Å²) < 4.78 is 0. The average molecular weight is 227 g/mol. The molecule has 0 bridgehead atoms. The molecule has 0 atom stereocenters. The van der Waals surface area contributed by atoms with Gasteiger partial charge in [0.15, 0.2) is 0 Å². The summed E-state index contributed by atoms with van der Waals surface area (Å²) >= 11 is 0. The molecule has 0 aromatic rings. The molecule has 0 aliphatic carbocycles. The van der Waals surface area contributed by atoms with Gasteiger partial charge in [-0.25, -0.2) is 5.43 Å². The maximum atomic E-state index is 11.4. The van der Waals surface area contributed by atoms with Crippen LogP contribution in [0.2, 0.25) is 0 Å². The van der Waals surface area contributed by atoms with Gasteiger partial charge < -0.3 is 5.32 Å². The van der Waals surface area contributed by atoms with Crippen molar-refractivity contribution >= 4 is 17.5 Å². The van der Waals surface area contributed by atoms with E-state index in [2.05, 4.69) is 15.8 Å². The topological polar surface area (TPSA) is 70.6 Å². The highest BCUT2D eigenvalue weighted by atomic mass is 16.2. The van der Waals surface area contributed by atoms with E-state index in [4.69, 9.17) is 0 Å². The SMILES string of the molecule is CCC(=O)N/N=C(\C)CC(=O)NCC(C)C. The molecule has 0 aliphatic rings. The number of rotatable bonds is 6. The minimum Gasteiger partial charge on any atom is -0.356 e. The third kappa shape index (κ3) is 7.96. The van der Waals surface area contributed by atoms with Crippen LogP contribution in [0.1, 0.15) is 40.5 Å². The van der Waals surface area contributed by atoms with E-state index in [1.807, 2.05) is 13.8 Å². The van der Waals surface area contributed by atoms with E-state index in [-0.39, 0.29) is 18.2 Å². The van der Waals surface area contributed by atoms with Gasteiger partial charge in [-0.1, -0.05) is 20.8 Å². The molecule has 0 aromatic heterocycles. The van der Waals surface area contributed by atoms with Crippen molar-refractivity contribution in [3.8, 4) is 0 Å². The Morgan fingerprint density at radius 2 is 1.88 bits per heavy atom. The first-order valence-corrected chi connectivity index (χ1v) is 5.54. The van der Waals surface area contributed by atoms with Gasteiger partial charge in [-0.3, -0.25) is 9.59 Å². The first-order valence-electron chi connectivity index (χ1n) is 5.54. The molecule has 0 aliphatic heterocycles. The summed E-state index contributed by atoms with van der Waals surface area (Å²) in [5.74, 6) is 0.212. The van der Waals surface area contributed by atoms with Crippen LogP contribution in [0.3, 0.4) is 0 Å². The molecule has 0 saturated heterocycles. The van der Waals surface area contributed by atoms with E-state index in [0.717, 1.165) is 0 Å². The second kappa shape index (κ2) is 7.84. The molecule has 2 amide bonds. The van der Waals surface area contributed by atoms with Crippen molar-refractivity contribution in [2.24, 2.45) is 11.0 Å². The minimum absolute atomic E-state index is 0.0688. The Kier molecular flexibility index (Phi) is 7.16. The van der Waals surface area contributed by atoms with Crippen LogP contribution >= 0.6 is 0 Å². The van der Waals surface area contributed by atoms with Gasteiger partial charge in [0.2, 0.25) is 11.8 Å². The third-order valence-electron chi connectivity index (χ3n) is 1.82. The van der Waals surface area contributed by atoms with Crippen LogP contribution in [0.15, 0.2) is 5.10 Å². The molecule has 92 valence electrons. The van der Waals surface area contributed by atoms with Crippen molar-refractivity contribution in [1.82, 2.24) is 10.7 Å². The summed E-state index contributed by atoms with van der Waals surface area (Å²) in [6.07, 6.45) is 0.604. The van der Waals surface area contributed by atoms with Crippen molar-refractivity contribution in [2.75, 3.05) is 6.54 Å². The monoisotopic (exact) mass is 227 g/mol. The Morgan fingerprint density at radius 3 is 2.38 bits per heavy atom. The predicted octanol–water partition coefficient (Wildman–Crippen LogP) is 1.05. The number of hydrazone groups is 1. The molecule has 5 nitrogen and oxygen atoms in total. The smallest absolute Gasteiger partial charge is 0.239 e. The lowest BCUT2D eigenvalue weighted by molar-refractivity contribution is -0.121. The van der Waals surface area contributed by atoms with Gasteiger partial charge in [0.05, 0.1) is 6.42 Å². The van der Waals surface area contributed by atoms with E-state index in [1.165, 1.54) is 0 Å². The number of carbonyl (C=O) groups is 2. The summed E-state index contributed by atoms with van der Waals surface area (Å²) in [5, 5.41) is 6.60. The summed E-state index contributed by atoms with van der Waals surface area (Å²) in [6, 6.07) is 0. The summed E-state index contributed by atoms with van der Waals surface area (Å²) in [6.45, 7) is 8.18. The lowest BCUT2D eigenvalue weighted by Gasteiger charge is -2.07. The van der Waals surface area contributed by atoms with Crippen molar-refractivity contribution in [1.29, 1.82) is 0 Å². The highest BCUT2D eigenvalue weighted by Gasteiger charge is 2.04. The van der Waals surface area contributed by atoms with Crippen molar-refractivity contribution in [2.45, 2.75) is 40.5 Å². The molecule has 0 fully saturated rings. The highest BCUT2D eigenvalue weighted by Crippen LogP contribution is 1.90. The first kappa shape index (κ1) is 14.6. The largest absolute Gasteiger partial charge is 0.356 e. The van der Waals surface area contributed by atoms with E-state index in [1.54, 1.807) is 13.8 Å². The molecule has 16 heavy (non-hydrogen) atoms. The van der Waals surface area contributed by atoms with Crippen LogP contribution in [-0.4, -0.2) is 24.1 Å². The molecule has 0 radical (unpaired) electrons. The Bertz CT molecular complexity index is 272. The van der Waals surface area contributed by atoms with Crippen LogP contribution in [0.25, 0.3) is 0 Å². The molecular weight excluding hydrogens is 206 g/mol. The summed E-state index contributed by atoms with van der Waals surface area (Å²) in [4.78, 5) is 22.3. The van der Waals surface area contributed by atoms with Crippen LogP contribution in [0.4, 0.5) is 0 Å². The number of hydrogen-bond donors (Lipinski definition) is 2. The van der Waals surface area contributed by atoms with Gasteiger partial charge in [-0.05, 0) is 12.8 Å². The van der Waals surface area contributed by atoms with Crippen molar-refractivity contribution in [3.05, 3.63) is 0 Å². The second-order valence-corrected chi connectivity index (χ2v) is 4.11. The number of hydrogen-bond acceptors (Lipinski definition) is 3. The average Bonchev–Trinajstić information content (AvgIpc) is 2.23. The minimum atomic E-state index is -0.151. The van der Waals surface area contributed by atoms with Gasteiger partial charge in [0, 0.05) is 18.7 Å². The maximum Gasteiger partial charge on any atom is 0.239 e. The van der Waals surface area contributed by atoms with Gasteiger partial charge in [0.25, 0.3) is 0 Å². The van der Waals surface area contributed by atoms with Crippen LogP contribution in [-0.2, 0) is 9.59 Å². The Labute approximate surface area is 96.7 Å². The zero-order chi connectivity index (χ0) is 12.6. The standard InChI is InChI=1S/C11H21N3O2/c1-5-10(15)14-13-9(4)6-11(16)12-7-8(2)3/h8H,5-7H2,1-4H3,(H,12,16)(H,14,15)/b13-9+. The molecule has 0 saturated carbocycles. The van der Waals surface area contributed by atoms with E-state index >= 15 is 0 Å². The number of amides is 2. The maximum absolute atomic E-state index is 11.4. The highest BCUT2D eigenvalue weighted by molar-refractivity contribution is 6.00. The summed E-state index contributed by atoms with van der Waals surface area (Å²) in [7, 11) is 0. The summed E-state index contributed by atoms with van der Waals surface area (Å²) in [5.41, 5.74) is 2.97. The van der Waals surface area contributed by atoms with Crippen molar-refractivity contribution in [3.63, 3.8) is 0 Å². The fraction of sp³-hybridized carbons (Fsp3) is 0.727. The van der Waals surface area contributed by atoms with Crippen molar-refractivity contribution < 1.29 is 9.59 Å². The zero-order valence-electron chi connectivity index (χ0n) is 10.5. The van der Waals surface area contributed by atoms with E-state index < -0.39 is 0 Å². The number of nitrogens with zero attached hydrogens (tertiary/aromatic N) is 1. The van der Waals surface area contributed by atoms with Gasteiger partial charge >= 0.3 is 0 Å². The fourth-order valence-corrected chi connectivity index (χ4v) is 0.889. The van der Waals surface area contributed by atoms with Gasteiger partial charge in [0.1, 0.15) is 0 Å². The Morgan fingerprint density at radius 1 is 1.25 bits per heavy atom. The molecule has 0 spiro atoms. The van der Waals surface area contributed by atoms with Gasteiger partial charge in [-0.2, -0.15) is 5.10 Å². The molecule has 0 aromatic carbocycles. The van der Waals surface area contributed by atoms with Crippen LogP contribution in [0.5, 0.6) is 0 Å². The van der Waals surface area contributed by atoms with E-state index in [9.17, 15) is 9.59 Å². The van der Waals surface area contributed by atoms with Crippen LogP contribution in [0, 0.1) is 5.92 Å². The zero-order valence-corrected chi connectivity index (χ0v) is 10.5. The Hall–Kier alpha value is -1.39. The lowest BCUT2D eigenvalue weighted by Crippen LogP contribution is -2.29. The number of nitrogens with one attached hydrogen (secondary N) is 2. The lowest BCUT2D eigenvalue weighted by atomic mass is 10.2. The normalized spacial score (nSPS) is 11.4. The molecule has 2 N–H and O–H groups in total. The fourth-order valence-electron chi connectivity index (χ4n) is 0.889. The molecule has 0 rings (SSSR count). The molecule has 0 heterocycles. The predicted molar refractivity (Wildman–Crippen MR) is 64.0 cm³/mol. The molecule has 0 unspecified atom stereocenters. The van der Waals surface area contributed by atoms with E-state index in [0.29, 0.717) is 24.6 Å². The van der Waals surface area contributed by atoms with Gasteiger partial charge in [-0.15, -0.1) is 0 Å². The second-order valence-electron chi connectivity index (χ2n) is 4.11. The molecule has 5 heteroatoms. The molecular formula is C11H21N3O2. The number of carbonyl (C=O) groups excluding carboxylic acids is 2. The third-order valence-corrected chi connectivity index (χ3v) is 1.82.